The number of urea groups is 1. The molecule has 0 unspecified atom stereocenters. The molecule has 0 radical (unpaired) electrons. The number of aryl methyl sites for hydroxylation is 2. The van der Waals surface area contributed by atoms with Crippen LogP contribution in [0.5, 0.6) is 0 Å². The van der Waals surface area contributed by atoms with Gasteiger partial charge < -0.3 is 10.1 Å². The van der Waals surface area contributed by atoms with E-state index in [-0.39, 0.29) is 24.3 Å². The second-order valence-electron chi connectivity index (χ2n) is 7.33. The van der Waals surface area contributed by atoms with E-state index in [0.29, 0.717) is 24.9 Å². The first-order valence-electron chi connectivity index (χ1n) is 9.26. The highest BCUT2D eigenvalue weighted by Crippen LogP contribution is 2.42. The average Bonchev–Trinajstić information content (AvgIpc) is 3.31. The van der Waals surface area contributed by atoms with E-state index in [4.69, 9.17) is 4.74 Å². The number of rotatable bonds is 5. The molecule has 1 aromatic rings. The van der Waals surface area contributed by atoms with E-state index in [0.717, 1.165) is 10.5 Å². The number of hydrogen-bond donors (Lipinski definition) is 1. The summed E-state index contributed by atoms with van der Waals surface area (Å²) in [4.78, 5) is 37.7. The number of benzene rings is 1. The molecule has 152 valence electrons. The van der Waals surface area contributed by atoms with Crippen molar-refractivity contribution in [1.82, 2.24) is 10.2 Å². The molecule has 1 saturated carbocycles. The molecule has 1 aromatic carbocycles. The third kappa shape index (κ3) is 3.39. The molecule has 0 spiro atoms. The minimum atomic E-state index is -4.01. The van der Waals surface area contributed by atoms with E-state index in [1.54, 1.807) is 26.0 Å². The lowest BCUT2D eigenvalue weighted by molar-refractivity contribution is -0.153. The minimum absolute atomic E-state index is 0.122. The predicted molar refractivity (Wildman–Crippen MR) is 100 cm³/mol. The van der Waals surface area contributed by atoms with Gasteiger partial charge in [-0.3, -0.25) is 14.5 Å². The van der Waals surface area contributed by atoms with Gasteiger partial charge in [-0.15, -0.1) is 0 Å². The number of nitrogens with one attached hydrogen (secondary N) is 1. The van der Waals surface area contributed by atoms with Gasteiger partial charge in [-0.2, -0.15) is 0 Å². The second-order valence-corrected chi connectivity index (χ2v) is 9.56. The molecule has 2 aliphatic rings. The van der Waals surface area contributed by atoms with Crippen molar-refractivity contribution in [1.29, 1.82) is 0 Å². The zero-order valence-electron chi connectivity index (χ0n) is 16.0. The Bertz CT molecular complexity index is 918. The number of sulfone groups is 1. The monoisotopic (exact) mass is 408 g/mol. The summed E-state index contributed by atoms with van der Waals surface area (Å²) in [6.45, 7) is 3.36. The Morgan fingerprint density at radius 3 is 2.50 bits per heavy atom. The van der Waals surface area contributed by atoms with Crippen molar-refractivity contribution < 1.29 is 27.5 Å². The van der Waals surface area contributed by atoms with Gasteiger partial charge in [-0.1, -0.05) is 25.0 Å². The number of amides is 3. The van der Waals surface area contributed by atoms with Gasteiger partial charge in [0, 0.05) is 13.1 Å². The van der Waals surface area contributed by atoms with Gasteiger partial charge in [-0.25, -0.2) is 13.2 Å². The number of esters is 1. The molecule has 3 amide bonds. The van der Waals surface area contributed by atoms with Crippen LogP contribution in [0.3, 0.4) is 0 Å². The van der Waals surface area contributed by atoms with Crippen LogP contribution in [-0.4, -0.2) is 55.7 Å². The lowest BCUT2D eigenvalue weighted by atomic mass is 10.1. The maximum atomic E-state index is 13.5. The zero-order chi connectivity index (χ0) is 20.5. The van der Waals surface area contributed by atoms with Crippen LogP contribution in [-0.2, 0) is 24.2 Å². The molecule has 1 saturated heterocycles. The van der Waals surface area contributed by atoms with Crippen molar-refractivity contribution >= 4 is 27.7 Å². The fourth-order valence-electron chi connectivity index (χ4n) is 3.78. The summed E-state index contributed by atoms with van der Waals surface area (Å²) >= 11 is 0. The molecule has 2 fully saturated rings. The molecule has 8 nitrogen and oxygen atoms in total. The Morgan fingerprint density at radius 2 is 1.89 bits per heavy atom. The summed E-state index contributed by atoms with van der Waals surface area (Å²) in [5.74, 6) is -1.58. The summed E-state index contributed by atoms with van der Waals surface area (Å²) in [5.41, 5.74) is 1.34. The Hall–Kier alpha value is -2.42. The normalized spacial score (nSPS) is 18.8. The molecule has 1 heterocycles. The van der Waals surface area contributed by atoms with Crippen LogP contribution in [0.4, 0.5) is 4.79 Å². The molecule has 9 heteroatoms. The first-order valence-corrected chi connectivity index (χ1v) is 10.7. The van der Waals surface area contributed by atoms with Gasteiger partial charge >= 0.3 is 12.0 Å². The first kappa shape index (κ1) is 20.3. The molecule has 1 aliphatic heterocycles. The Kier molecular flexibility index (Phi) is 5.47. The minimum Gasteiger partial charge on any atom is -0.454 e. The van der Waals surface area contributed by atoms with E-state index in [2.05, 4.69) is 5.32 Å². The highest BCUT2D eigenvalue weighted by atomic mass is 32.2. The Labute approximate surface area is 164 Å². The van der Waals surface area contributed by atoms with Gasteiger partial charge in [0.15, 0.2) is 21.2 Å². The van der Waals surface area contributed by atoms with Crippen LogP contribution in [0.2, 0.25) is 0 Å². The van der Waals surface area contributed by atoms with Crippen molar-refractivity contribution in [3.8, 4) is 0 Å². The van der Waals surface area contributed by atoms with Crippen LogP contribution in [0.1, 0.15) is 36.8 Å². The molecule has 0 bridgehead atoms. The molecule has 28 heavy (non-hydrogen) atoms. The van der Waals surface area contributed by atoms with Crippen molar-refractivity contribution in [2.75, 3.05) is 19.7 Å². The lowest BCUT2D eigenvalue weighted by Crippen LogP contribution is -2.47. The standard InChI is InChI=1S/C19H24N2O6S/c1-13-5-6-14(2)15(11-13)28(25,26)19(7-3-4-8-19)17(23)27-12-16(22)21-10-9-20-18(21)24/h5-6,11H,3-4,7-10,12H2,1-2H3,(H,20,24). The van der Waals surface area contributed by atoms with E-state index in [1.807, 2.05) is 6.07 Å². The van der Waals surface area contributed by atoms with E-state index < -0.39 is 39.1 Å². The highest BCUT2D eigenvalue weighted by molar-refractivity contribution is 7.93. The van der Waals surface area contributed by atoms with Gasteiger partial charge in [0.2, 0.25) is 0 Å². The number of carbonyl (C=O) groups excluding carboxylic acids is 3. The van der Waals surface area contributed by atoms with Crippen molar-refractivity contribution in [3.05, 3.63) is 29.3 Å². The number of imide groups is 1. The van der Waals surface area contributed by atoms with Gasteiger partial charge in [0.05, 0.1) is 4.90 Å². The van der Waals surface area contributed by atoms with Crippen LogP contribution in [0.25, 0.3) is 0 Å². The maximum absolute atomic E-state index is 13.5. The molecule has 0 aromatic heterocycles. The third-order valence-electron chi connectivity index (χ3n) is 5.42. The topological polar surface area (TPSA) is 110 Å². The largest absolute Gasteiger partial charge is 0.454 e. The molecule has 1 aliphatic carbocycles. The summed E-state index contributed by atoms with van der Waals surface area (Å²) in [6, 6.07) is 4.55. The number of carbonyl (C=O) groups is 3. The molecule has 3 rings (SSSR count). The van der Waals surface area contributed by atoms with Crippen molar-refractivity contribution in [2.24, 2.45) is 0 Å². The quantitative estimate of drug-likeness (QED) is 0.739. The molecular weight excluding hydrogens is 384 g/mol. The fraction of sp³-hybridized carbons (Fsp3) is 0.526. The van der Waals surface area contributed by atoms with Crippen LogP contribution in [0, 0.1) is 13.8 Å². The second kappa shape index (κ2) is 7.54. The Balaban J connectivity index is 1.85. The fourth-order valence-corrected chi connectivity index (χ4v) is 6.14. The summed E-state index contributed by atoms with van der Waals surface area (Å²) in [7, 11) is -4.01. The van der Waals surface area contributed by atoms with Crippen LogP contribution < -0.4 is 5.32 Å². The SMILES string of the molecule is Cc1ccc(C)c(S(=O)(=O)C2(C(=O)OCC(=O)N3CCNC3=O)CCCC2)c1. The molecule has 0 atom stereocenters. The van der Waals surface area contributed by atoms with Gasteiger partial charge in [-0.05, 0) is 43.9 Å². The molecular formula is C19H24N2O6S. The number of hydrogen-bond acceptors (Lipinski definition) is 6. The van der Waals surface area contributed by atoms with Crippen molar-refractivity contribution in [3.63, 3.8) is 0 Å². The predicted octanol–water partition coefficient (Wildman–Crippen LogP) is 1.48. The molecule has 1 N–H and O–H groups in total. The number of ether oxygens (including phenoxy) is 1. The highest BCUT2D eigenvalue weighted by Gasteiger charge is 2.55. The summed E-state index contributed by atoms with van der Waals surface area (Å²) in [6.07, 6.45) is 1.48. The zero-order valence-corrected chi connectivity index (χ0v) is 16.8. The van der Waals surface area contributed by atoms with Crippen molar-refractivity contribution in [2.45, 2.75) is 49.2 Å². The van der Waals surface area contributed by atoms with Crippen LogP contribution >= 0.6 is 0 Å². The maximum Gasteiger partial charge on any atom is 0.328 e. The number of nitrogens with zero attached hydrogens (tertiary/aromatic N) is 1. The Morgan fingerprint density at radius 1 is 1.21 bits per heavy atom. The summed E-state index contributed by atoms with van der Waals surface area (Å²) < 4.78 is 30.4. The summed E-state index contributed by atoms with van der Waals surface area (Å²) in [5, 5.41) is 2.49. The van der Waals surface area contributed by atoms with E-state index >= 15 is 0 Å². The van der Waals surface area contributed by atoms with E-state index in [1.165, 1.54) is 0 Å². The van der Waals surface area contributed by atoms with E-state index in [9.17, 15) is 22.8 Å². The average molecular weight is 408 g/mol. The van der Waals surface area contributed by atoms with Crippen LogP contribution in [0.15, 0.2) is 23.1 Å². The van der Waals surface area contributed by atoms with Gasteiger partial charge in [0.1, 0.15) is 0 Å². The first-order chi connectivity index (χ1) is 13.2. The smallest absolute Gasteiger partial charge is 0.328 e. The van der Waals surface area contributed by atoms with Gasteiger partial charge in [0.25, 0.3) is 5.91 Å². The third-order valence-corrected chi connectivity index (χ3v) is 8.04. The lowest BCUT2D eigenvalue weighted by Gasteiger charge is -2.27.